The second-order valence-corrected chi connectivity index (χ2v) is 6.39. The highest BCUT2D eigenvalue weighted by molar-refractivity contribution is 5.84. The van der Waals surface area contributed by atoms with E-state index in [1.54, 1.807) is 0 Å². The molecule has 0 atom stereocenters. The lowest BCUT2D eigenvalue weighted by Gasteiger charge is -2.11. The molecule has 3 rings (SSSR count). The topological polar surface area (TPSA) is 47.6 Å². The third kappa shape index (κ3) is 5.74. The largest absolute Gasteiger partial charge is 0.489 e. The summed E-state index contributed by atoms with van der Waals surface area (Å²) in [6.07, 6.45) is 0. The average Bonchev–Trinajstić information content (AvgIpc) is 2.72. The first-order valence-electron chi connectivity index (χ1n) is 9.05. The molecule has 1 N–H and O–H groups in total. The van der Waals surface area contributed by atoms with Gasteiger partial charge >= 0.3 is 0 Å². The number of hydrogen-bond acceptors (Lipinski definition) is 3. The molecule has 4 heteroatoms. The molecule has 0 radical (unpaired) electrons. The van der Waals surface area contributed by atoms with Crippen LogP contribution in [0.2, 0.25) is 0 Å². The highest BCUT2D eigenvalue weighted by Crippen LogP contribution is 2.18. The quantitative estimate of drug-likeness (QED) is 0.608. The summed E-state index contributed by atoms with van der Waals surface area (Å²) in [5.41, 5.74) is 3.58. The number of carbonyl (C=O) groups excluding carboxylic acids is 1. The highest BCUT2D eigenvalue weighted by atomic mass is 16.5. The summed E-state index contributed by atoms with van der Waals surface area (Å²) in [4.78, 5) is 11.1. The van der Waals surface area contributed by atoms with Gasteiger partial charge in [0.2, 0.25) is 5.91 Å². The minimum atomic E-state index is -0.138. The third-order valence-corrected chi connectivity index (χ3v) is 4.08. The van der Waals surface area contributed by atoms with Gasteiger partial charge < -0.3 is 14.8 Å². The van der Waals surface area contributed by atoms with E-state index < -0.39 is 0 Å². The van der Waals surface area contributed by atoms with Crippen molar-refractivity contribution in [3.05, 3.63) is 102 Å². The predicted octanol–water partition coefficient (Wildman–Crippen LogP) is 4.95. The minimum Gasteiger partial charge on any atom is -0.489 e. The standard InChI is InChI=1S/C24H23NO3/c1-18(25-19(2)26)22-11-13-24(14-12-22)28-17-21-8-6-7-20(15-21)16-27-23-9-4-3-5-10-23/h3-15H,1,16-17H2,2H3,(H,25,26). The number of nitrogens with one attached hydrogen (secondary N) is 1. The maximum Gasteiger partial charge on any atom is 0.221 e. The Balaban J connectivity index is 1.54. The average molecular weight is 373 g/mol. The van der Waals surface area contributed by atoms with Crippen molar-refractivity contribution in [3.8, 4) is 11.5 Å². The SMILES string of the molecule is C=C(NC(C)=O)c1ccc(OCc2cccc(COc3ccccc3)c2)cc1. The van der Waals surface area contributed by atoms with E-state index in [0.29, 0.717) is 18.9 Å². The zero-order valence-electron chi connectivity index (χ0n) is 15.9. The summed E-state index contributed by atoms with van der Waals surface area (Å²) in [5, 5.41) is 2.68. The Bertz CT molecular complexity index is 934. The van der Waals surface area contributed by atoms with E-state index in [4.69, 9.17) is 9.47 Å². The second-order valence-electron chi connectivity index (χ2n) is 6.39. The summed E-state index contributed by atoms with van der Waals surface area (Å²) < 4.78 is 11.7. The van der Waals surface area contributed by atoms with E-state index in [2.05, 4.69) is 18.0 Å². The van der Waals surface area contributed by atoms with Crippen molar-refractivity contribution in [2.24, 2.45) is 0 Å². The van der Waals surface area contributed by atoms with Crippen LogP contribution in [-0.2, 0) is 18.0 Å². The molecule has 0 saturated carbocycles. The van der Waals surface area contributed by atoms with Gasteiger partial charge in [0.15, 0.2) is 0 Å². The lowest BCUT2D eigenvalue weighted by atomic mass is 10.1. The number of para-hydroxylation sites is 1. The zero-order chi connectivity index (χ0) is 19.8. The van der Waals surface area contributed by atoms with Crippen LogP contribution in [0.4, 0.5) is 0 Å². The molecule has 0 bridgehead atoms. The van der Waals surface area contributed by atoms with Gasteiger partial charge in [0.1, 0.15) is 24.7 Å². The van der Waals surface area contributed by atoms with Crippen LogP contribution in [-0.4, -0.2) is 5.91 Å². The van der Waals surface area contributed by atoms with E-state index in [9.17, 15) is 4.79 Å². The predicted molar refractivity (Wildman–Crippen MR) is 111 cm³/mol. The number of carbonyl (C=O) groups is 1. The first-order valence-corrected chi connectivity index (χ1v) is 9.05. The van der Waals surface area contributed by atoms with Crippen LogP contribution >= 0.6 is 0 Å². The van der Waals surface area contributed by atoms with E-state index in [0.717, 1.165) is 28.2 Å². The normalized spacial score (nSPS) is 10.2. The summed E-state index contributed by atoms with van der Waals surface area (Å²) in [6.45, 7) is 6.29. The number of rotatable bonds is 8. The molecule has 4 nitrogen and oxygen atoms in total. The molecule has 3 aromatic carbocycles. The molecule has 0 aliphatic rings. The van der Waals surface area contributed by atoms with Gasteiger partial charge in [-0.1, -0.05) is 43.0 Å². The monoisotopic (exact) mass is 373 g/mol. The van der Waals surface area contributed by atoms with Crippen LogP contribution in [0, 0.1) is 0 Å². The van der Waals surface area contributed by atoms with Gasteiger partial charge in [-0.05, 0) is 59.2 Å². The molecule has 0 aliphatic heterocycles. The van der Waals surface area contributed by atoms with Crippen molar-refractivity contribution in [3.63, 3.8) is 0 Å². The molecule has 0 fully saturated rings. The number of ether oxygens (including phenoxy) is 2. The van der Waals surface area contributed by atoms with Gasteiger partial charge in [0.05, 0.1) is 0 Å². The van der Waals surface area contributed by atoms with E-state index in [1.807, 2.05) is 72.8 Å². The molecular formula is C24H23NO3. The van der Waals surface area contributed by atoms with Crippen molar-refractivity contribution in [2.45, 2.75) is 20.1 Å². The number of amides is 1. The Hall–Kier alpha value is -3.53. The fourth-order valence-corrected chi connectivity index (χ4v) is 2.70. The Kier molecular flexibility index (Phi) is 6.47. The van der Waals surface area contributed by atoms with Gasteiger partial charge in [0.25, 0.3) is 0 Å². The van der Waals surface area contributed by atoms with Crippen LogP contribution in [0.5, 0.6) is 11.5 Å². The van der Waals surface area contributed by atoms with Crippen LogP contribution in [0.25, 0.3) is 5.70 Å². The fourth-order valence-electron chi connectivity index (χ4n) is 2.70. The van der Waals surface area contributed by atoms with Crippen molar-refractivity contribution >= 4 is 11.6 Å². The zero-order valence-corrected chi connectivity index (χ0v) is 15.9. The van der Waals surface area contributed by atoms with E-state index >= 15 is 0 Å². The Morgan fingerprint density at radius 1 is 0.821 bits per heavy atom. The lowest BCUT2D eigenvalue weighted by molar-refractivity contribution is -0.117. The van der Waals surface area contributed by atoms with Crippen LogP contribution in [0.15, 0.2) is 85.4 Å². The molecule has 0 spiro atoms. The molecule has 3 aromatic rings. The molecule has 0 unspecified atom stereocenters. The smallest absolute Gasteiger partial charge is 0.221 e. The van der Waals surface area contributed by atoms with Gasteiger partial charge in [-0.2, -0.15) is 0 Å². The molecule has 28 heavy (non-hydrogen) atoms. The maximum atomic E-state index is 11.1. The summed E-state index contributed by atoms with van der Waals surface area (Å²) in [5.74, 6) is 1.47. The van der Waals surface area contributed by atoms with Crippen LogP contribution < -0.4 is 14.8 Å². The van der Waals surface area contributed by atoms with Gasteiger partial charge in [-0.15, -0.1) is 0 Å². The Labute approximate surface area is 165 Å². The molecule has 0 saturated heterocycles. The molecule has 0 aromatic heterocycles. The molecule has 142 valence electrons. The van der Waals surface area contributed by atoms with Crippen molar-refractivity contribution in [1.29, 1.82) is 0 Å². The van der Waals surface area contributed by atoms with E-state index in [-0.39, 0.29) is 5.91 Å². The van der Waals surface area contributed by atoms with Crippen molar-refractivity contribution in [1.82, 2.24) is 5.32 Å². The first-order chi connectivity index (χ1) is 13.6. The van der Waals surface area contributed by atoms with E-state index in [1.165, 1.54) is 6.92 Å². The Morgan fingerprint density at radius 2 is 1.39 bits per heavy atom. The molecule has 1 amide bonds. The van der Waals surface area contributed by atoms with Gasteiger partial charge in [-0.3, -0.25) is 4.79 Å². The van der Waals surface area contributed by atoms with Gasteiger partial charge in [-0.25, -0.2) is 0 Å². The molecule has 0 heterocycles. The highest BCUT2D eigenvalue weighted by Gasteiger charge is 2.03. The minimum absolute atomic E-state index is 0.138. The first kappa shape index (κ1) is 19.2. The number of hydrogen-bond donors (Lipinski definition) is 1. The molecule has 0 aliphatic carbocycles. The molecular weight excluding hydrogens is 350 g/mol. The lowest BCUT2D eigenvalue weighted by Crippen LogP contribution is -2.17. The summed E-state index contributed by atoms with van der Waals surface area (Å²) in [6, 6.07) is 25.4. The van der Waals surface area contributed by atoms with Crippen LogP contribution in [0.1, 0.15) is 23.6 Å². The maximum absolute atomic E-state index is 11.1. The fraction of sp³-hybridized carbons (Fsp3) is 0.125. The van der Waals surface area contributed by atoms with Gasteiger partial charge in [0, 0.05) is 12.6 Å². The third-order valence-electron chi connectivity index (χ3n) is 4.08. The Morgan fingerprint density at radius 3 is 1.96 bits per heavy atom. The van der Waals surface area contributed by atoms with Crippen LogP contribution in [0.3, 0.4) is 0 Å². The van der Waals surface area contributed by atoms with Crippen molar-refractivity contribution in [2.75, 3.05) is 0 Å². The summed E-state index contributed by atoms with van der Waals surface area (Å²) >= 11 is 0. The number of benzene rings is 3. The summed E-state index contributed by atoms with van der Waals surface area (Å²) in [7, 11) is 0. The van der Waals surface area contributed by atoms with Crippen molar-refractivity contribution < 1.29 is 14.3 Å². The second kappa shape index (κ2) is 9.42.